The molecule has 0 spiro atoms. The van der Waals surface area contributed by atoms with Gasteiger partial charge in [-0.2, -0.15) is 0 Å². The Morgan fingerprint density at radius 2 is 1.61 bits per heavy atom. The van der Waals surface area contributed by atoms with Gasteiger partial charge in [-0.1, -0.05) is 0 Å². The van der Waals surface area contributed by atoms with Crippen molar-refractivity contribution in [3.63, 3.8) is 0 Å². The second-order valence-corrected chi connectivity index (χ2v) is 8.04. The summed E-state index contributed by atoms with van der Waals surface area (Å²) in [7, 11) is 0. The summed E-state index contributed by atoms with van der Waals surface area (Å²) in [4.78, 5) is 0. The molecule has 0 fully saturated rings. The Morgan fingerprint density at radius 3 is 2.33 bits per heavy atom. The minimum absolute atomic E-state index is 0.222. The number of benzene rings is 2. The molecule has 0 aliphatic heterocycles. The molecule has 0 saturated carbocycles. The first-order valence-electron chi connectivity index (χ1n) is 6.81. The van der Waals surface area contributed by atoms with Crippen LogP contribution in [0.4, 0.5) is 0 Å². The molecule has 18 heavy (non-hydrogen) atoms. The van der Waals surface area contributed by atoms with Crippen LogP contribution < -0.4 is 21.2 Å². The molecule has 0 N–H and O–H groups in total. The number of unbranched alkanes of at least 4 members (excludes halogenated alkanes) is 2. The molecule has 0 saturated heterocycles. The predicted molar refractivity (Wildman–Crippen MR) is 76.5 cm³/mol. The fourth-order valence-electron chi connectivity index (χ4n) is 2.10. The van der Waals surface area contributed by atoms with E-state index in [1.165, 1.54) is 45.6 Å². The molecule has 0 aromatic heterocycles. The molecule has 0 radical (unpaired) electrons. The molecule has 2 aromatic rings. The summed E-state index contributed by atoms with van der Waals surface area (Å²) >= 11 is 0.222. The molecule has 2 aromatic carbocycles. The number of halogens is 1. The van der Waals surface area contributed by atoms with E-state index in [1.807, 2.05) is 0 Å². The summed E-state index contributed by atoms with van der Waals surface area (Å²) < 4.78 is 3.03. The van der Waals surface area contributed by atoms with Gasteiger partial charge in [0.15, 0.2) is 0 Å². The van der Waals surface area contributed by atoms with E-state index < -0.39 is 0 Å². The SMILES string of the molecule is CCCCC[I-]c1ccc2cc(C)c(C)cc2c1. The summed E-state index contributed by atoms with van der Waals surface area (Å²) in [5.74, 6) is 0. The average molecular weight is 353 g/mol. The van der Waals surface area contributed by atoms with E-state index in [0.29, 0.717) is 0 Å². The van der Waals surface area contributed by atoms with Gasteiger partial charge in [-0.3, -0.25) is 0 Å². The van der Waals surface area contributed by atoms with E-state index >= 15 is 0 Å². The van der Waals surface area contributed by atoms with Crippen LogP contribution in [0.5, 0.6) is 0 Å². The van der Waals surface area contributed by atoms with E-state index in [-0.39, 0.29) is 21.2 Å². The van der Waals surface area contributed by atoms with Gasteiger partial charge in [-0.15, -0.1) is 0 Å². The molecule has 0 nitrogen and oxygen atoms in total. The van der Waals surface area contributed by atoms with Crippen LogP contribution in [0.1, 0.15) is 37.3 Å². The minimum atomic E-state index is 0.222. The Morgan fingerprint density at radius 1 is 0.889 bits per heavy atom. The quantitative estimate of drug-likeness (QED) is 0.438. The van der Waals surface area contributed by atoms with Gasteiger partial charge in [-0.05, 0) is 0 Å². The van der Waals surface area contributed by atoms with Gasteiger partial charge >= 0.3 is 121 Å². The van der Waals surface area contributed by atoms with Crippen LogP contribution in [0.15, 0.2) is 30.3 Å². The van der Waals surface area contributed by atoms with E-state index in [4.69, 9.17) is 0 Å². The molecule has 0 aliphatic rings. The number of hydrogen-bond donors (Lipinski definition) is 0. The van der Waals surface area contributed by atoms with Crippen molar-refractivity contribution in [2.24, 2.45) is 0 Å². The molecule has 0 aliphatic carbocycles. The molecule has 0 amide bonds. The number of hydrogen-bond acceptors (Lipinski definition) is 0. The first-order valence-corrected chi connectivity index (χ1v) is 9.41. The van der Waals surface area contributed by atoms with Crippen LogP contribution in [0.25, 0.3) is 10.8 Å². The van der Waals surface area contributed by atoms with Crippen LogP contribution in [0.2, 0.25) is 0 Å². The second kappa shape index (κ2) is 6.55. The van der Waals surface area contributed by atoms with E-state index in [2.05, 4.69) is 51.1 Å². The Hall–Kier alpha value is -0.570. The zero-order valence-corrected chi connectivity index (χ0v) is 13.8. The summed E-state index contributed by atoms with van der Waals surface area (Å²) in [6.45, 7) is 6.68. The first kappa shape index (κ1) is 13.9. The van der Waals surface area contributed by atoms with Crippen molar-refractivity contribution in [2.75, 3.05) is 4.43 Å². The van der Waals surface area contributed by atoms with Crippen molar-refractivity contribution >= 4 is 10.8 Å². The van der Waals surface area contributed by atoms with Crippen molar-refractivity contribution in [2.45, 2.75) is 40.0 Å². The first-order chi connectivity index (χ1) is 8.70. The molecular weight excluding hydrogens is 331 g/mol. The normalized spacial score (nSPS) is 11.3. The van der Waals surface area contributed by atoms with E-state index in [9.17, 15) is 0 Å². The number of alkyl halides is 1. The number of aryl methyl sites for hydroxylation is 2. The third-order valence-electron chi connectivity index (χ3n) is 3.40. The van der Waals surface area contributed by atoms with Crippen molar-refractivity contribution in [3.05, 3.63) is 45.0 Å². The van der Waals surface area contributed by atoms with Gasteiger partial charge in [0, 0.05) is 0 Å². The summed E-state index contributed by atoms with van der Waals surface area (Å²) in [6.07, 6.45) is 4.14. The zero-order chi connectivity index (χ0) is 13.0. The number of fused-ring (bicyclic) bond motifs is 1. The second-order valence-electron chi connectivity index (χ2n) is 4.96. The maximum atomic E-state index is 2.42. The fraction of sp³-hybridized carbons (Fsp3) is 0.412. The standard InChI is InChI=1S/C17H22I/c1-4-5-6-9-18-17-8-7-15-10-13(2)14(3)11-16(15)12-17/h7-8,10-12H,4-6,9H2,1-3H3/q-1. The Kier molecular flexibility index (Phi) is 5.04. The molecule has 0 bridgehead atoms. The van der Waals surface area contributed by atoms with Gasteiger partial charge in [0.2, 0.25) is 0 Å². The summed E-state index contributed by atoms with van der Waals surface area (Å²) in [5, 5.41) is 2.81. The maximum absolute atomic E-state index is 2.42. The third kappa shape index (κ3) is 3.47. The summed E-state index contributed by atoms with van der Waals surface area (Å²) in [5.41, 5.74) is 2.80. The topological polar surface area (TPSA) is 0 Å². The molecule has 98 valence electrons. The van der Waals surface area contributed by atoms with E-state index in [0.717, 1.165) is 0 Å². The third-order valence-corrected chi connectivity index (χ3v) is 6.25. The predicted octanol–water partition coefficient (Wildman–Crippen LogP) is 1.91. The van der Waals surface area contributed by atoms with Gasteiger partial charge in [0.1, 0.15) is 0 Å². The zero-order valence-electron chi connectivity index (χ0n) is 11.6. The Bertz CT molecular complexity index is 528. The van der Waals surface area contributed by atoms with Crippen LogP contribution in [0, 0.1) is 17.4 Å². The van der Waals surface area contributed by atoms with E-state index in [1.54, 1.807) is 3.57 Å². The Balaban J connectivity index is 2.14. The van der Waals surface area contributed by atoms with Gasteiger partial charge in [0.25, 0.3) is 0 Å². The van der Waals surface area contributed by atoms with Gasteiger partial charge < -0.3 is 0 Å². The molecule has 0 atom stereocenters. The molecule has 2 rings (SSSR count). The molecule has 1 heteroatoms. The van der Waals surface area contributed by atoms with Crippen molar-refractivity contribution in [1.29, 1.82) is 0 Å². The summed E-state index contributed by atoms with van der Waals surface area (Å²) in [6, 6.07) is 11.7. The van der Waals surface area contributed by atoms with Crippen LogP contribution in [-0.4, -0.2) is 4.43 Å². The van der Waals surface area contributed by atoms with Gasteiger partial charge in [-0.25, -0.2) is 0 Å². The number of rotatable bonds is 5. The van der Waals surface area contributed by atoms with Crippen molar-refractivity contribution < 1.29 is 21.2 Å². The molecule has 0 heterocycles. The van der Waals surface area contributed by atoms with Crippen molar-refractivity contribution in [3.8, 4) is 0 Å². The Labute approximate surface area is 121 Å². The van der Waals surface area contributed by atoms with Crippen LogP contribution in [-0.2, 0) is 0 Å². The average Bonchev–Trinajstić information content (AvgIpc) is 2.36. The molecule has 0 unspecified atom stereocenters. The van der Waals surface area contributed by atoms with Crippen LogP contribution in [0.3, 0.4) is 0 Å². The monoisotopic (exact) mass is 353 g/mol. The van der Waals surface area contributed by atoms with Crippen molar-refractivity contribution in [1.82, 2.24) is 0 Å². The fourth-order valence-corrected chi connectivity index (χ4v) is 4.63. The molecular formula is C17H22I-. The van der Waals surface area contributed by atoms with Gasteiger partial charge in [0.05, 0.1) is 0 Å². The van der Waals surface area contributed by atoms with Crippen LogP contribution >= 0.6 is 0 Å².